The fraction of sp³-hybridized carbons (Fsp3) is 0.115. The van der Waals surface area contributed by atoms with E-state index < -0.39 is 15.7 Å². The summed E-state index contributed by atoms with van der Waals surface area (Å²) in [5.41, 5.74) is 2.47. The fourth-order valence-electron chi connectivity index (χ4n) is 3.68. The van der Waals surface area contributed by atoms with Crippen LogP contribution in [0.1, 0.15) is 15.9 Å². The normalized spacial score (nSPS) is 11.4. The Morgan fingerprint density at radius 1 is 0.818 bits per heavy atom. The summed E-state index contributed by atoms with van der Waals surface area (Å²) < 4.78 is 23.3. The maximum absolute atomic E-state index is 12.6. The Morgan fingerprint density at radius 3 is 2.12 bits per heavy atom. The number of carbonyl (C=O) groups excluding carboxylic acids is 1. The topological polar surface area (TPSA) is 104 Å². The van der Waals surface area contributed by atoms with Crippen LogP contribution in [0.15, 0.2) is 83.8 Å². The molecule has 0 heterocycles. The van der Waals surface area contributed by atoms with Gasteiger partial charge in [0.15, 0.2) is 9.84 Å². The summed E-state index contributed by atoms with van der Waals surface area (Å²) >= 11 is 0. The van der Waals surface area contributed by atoms with Gasteiger partial charge in [-0.25, -0.2) is 8.42 Å². The van der Waals surface area contributed by atoms with Gasteiger partial charge in [-0.3, -0.25) is 4.79 Å². The lowest BCUT2D eigenvalue weighted by molar-refractivity contribution is 0.0951. The quantitative estimate of drug-likeness (QED) is 0.397. The molecule has 4 rings (SSSR count). The minimum absolute atomic E-state index is 0.0893. The van der Waals surface area contributed by atoms with Crippen molar-refractivity contribution in [2.75, 3.05) is 12.8 Å². The molecule has 0 radical (unpaired) electrons. The molecule has 33 heavy (non-hydrogen) atoms. The zero-order valence-electron chi connectivity index (χ0n) is 17.9. The maximum atomic E-state index is 12.6. The molecule has 0 aliphatic rings. The molecule has 0 aliphatic carbocycles. The van der Waals surface area contributed by atoms with Crippen LogP contribution in [0, 0.1) is 0 Å². The Morgan fingerprint density at radius 2 is 1.45 bits per heavy atom. The van der Waals surface area contributed by atoms with Crippen LogP contribution in [0.25, 0.3) is 21.9 Å². The summed E-state index contributed by atoms with van der Waals surface area (Å²) in [5, 5.41) is 25.0. The van der Waals surface area contributed by atoms with Crippen molar-refractivity contribution in [3.63, 3.8) is 0 Å². The molecule has 0 bridgehead atoms. The predicted molar refractivity (Wildman–Crippen MR) is 128 cm³/mol. The van der Waals surface area contributed by atoms with E-state index in [0.717, 1.165) is 28.2 Å². The first-order chi connectivity index (χ1) is 15.7. The van der Waals surface area contributed by atoms with Crippen LogP contribution >= 0.6 is 0 Å². The number of phenolic OH excluding ortho intramolecular Hbond substituents is 2. The highest BCUT2D eigenvalue weighted by atomic mass is 32.2. The average Bonchev–Trinajstić information content (AvgIpc) is 2.79. The molecule has 6 nitrogen and oxygen atoms in total. The number of phenols is 2. The Hall–Kier alpha value is -3.84. The highest BCUT2D eigenvalue weighted by Gasteiger charge is 2.13. The fourth-order valence-corrected chi connectivity index (χ4v) is 4.31. The molecule has 0 aromatic heterocycles. The van der Waals surface area contributed by atoms with Gasteiger partial charge < -0.3 is 15.5 Å². The molecule has 0 fully saturated rings. The number of aromatic hydroxyl groups is 2. The molecular weight excluding hydrogens is 438 g/mol. The molecule has 0 saturated heterocycles. The minimum atomic E-state index is -3.27. The molecular formula is C26H23NO5S. The van der Waals surface area contributed by atoms with Gasteiger partial charge >= 0.3 is 0 Å². The number of sulfone groups is 1. The van der Waals surface area contributed by atoms with Crippen LogP contribution in [0.5, 0.6) is 11.5 Å². The van der Waals surface area contributed by atoms with Gasteiger partial charge in [-0.15, -0.1) is 0 Å². The smallest absolute Gasteiger partial charge is 0.255 e. The van der Waals surface area contributed by atoms with Crippen molar-refractivity contribution in [2.24, 2.45) is 0 Å². The molecule has 4 aromatic carbocycles. The van der Waals surface area contributed by atoms with Crippen molar-refractivity contribution in [3.05, 3.63) is 90.0 Å². The third kappa shape index (κ3) is 4.99. The van der Waals surface area contributed by atoms with Crippen LogP contribution in [0.2, 0.25) is 0 Å². The second-order valence-corrected chi connectivity index (χ2v) is 9.88. The van der Waals surface area contributed by atoms with Crippen molar-refractivity contribution in [2.45, 2.75) is 11.3 Å². The van der Waals surface area contributed by atoms with Crippen LogP contribution in [-0.2, 0) is 16.3 Å². The van der Waals surface area contributed by atoms with Crippen LogP contribution < -0.4 is 5.32 Å². The predicted octanol–water partition coefficient (Wildman–Crippen LogP) is 4.29. The van der Waals surface area contributed by atoms with Crippen molar-refractivity contribution in [1.29, 1.82) is 0 Å². The van der Waals surface area contributed by atoms with Crippen molar-refractivity contribution < 1.29 is 23.4 Å². The van der Waals surface area contributed by atoms with E-state index in [1.807, 2.05) is 30.3 Å². The molecule has 7 heteroatoms. The van der Waals surface area contributed by atoms with E-state index in [-0.39, 0.29) is 28.5 Å². The van der Waals surface area contributed by atoms with Gasteiger partial charge in [0.25, 0.3) is 5.91 Å². The number of hydrogen-bond donors (Lipinski definition) is 3. The zero-order chi connectivity index (χ0) is 23.6. The lowest BCUT2D eigenvalue weighted by Gasteiger charge is -2.11. The van der Waals surface area contributed by atoms with Gasteiger partial charge in [0, 0.05) is 12.8 Å². The van der Waals surface area contributed by atoms with Crippen molar-refractivity contribution in [3.8, 4) is 22.6 Å². The first kappa shape index (κ1) is 22.4. The Bertz CT molecular complexity index is 1440. The van der Waals surface area contributed by atoms with Crippen LogP contribution in [0.3, 0.4) is 0 Å². The van der Waals surface area contributed by atoms with E-state index in [9.17, 15) is 23.4 Å². The number of nitrogens with one attached hydrogen (secondary N) is 1. The van der Waals surface area contributed by atoms with Gasteiger partial charge in [-0.2, -0.15) is 0 Å². The third-order valence-corrected chi connectivity index (χ3v) is 6.61. The molecule has 168 valence electrons. The summed E-state index contributed by atoms with van der Waals surface area (Å²) in [7, 11) is -3.27. The third-order valence-electron chi connectivity index (χ3n) is 5.48. The van der Waals surface area contributed by atoms with Gasteiger partial charge in [-0.05, 0) is 70.3 Å². The van der Waals surface area contributed by atoms with Crippen LogP contribution in [0.4, 0.5) is 0 Å². The summed E-state index contributed by atoms with van der Waals surface area (Å²) in [6, 6.07) is 22.4. The Balaban J connectivity index is 1.47. The molecule has 0 saturated carbocycles. The summed E-state index contributed by atoms with van der Waals surface area (Å²) in [4.78, 5) is 12.8. The molecule has 3 N–H and O–H groups in total. The zero-order valence-corrected chi connectivity index (χ0v) is 18.8. The highest BCUT2D eigenvalue weighted by molar-refractivity contribution is 7.90. The number of hydrogen-bond acceptors (Lipinski definition) is 5. The van der Waals surface area contributed by atoms with E-state index in [2.05, 4.69) is 5.32 Å². The lowest BCUT2D eigenvalue weighted by atomic mass is 10.0. The maximum Gasteiger partial charge on any atom is 0.255 e. The van der Waals surface area contributed by atoms with Gasteiger partial charge in [0.05, 0.1) is 10.5 Å². The summed E-state index contributed by atoms with van der Waals surface area (Å²) in [6.45, 7) is 0.259. The highest BCUT2D eigenvalue weighted by Crippen LogP contribution is 2.28. The molecule has 0 unspecified atom stereocenters. The van der Waals surface area contributed by atoms with E-state index in [0.29, 0.717) is 12.0 Å². The van der Waals surface area contributed by atoms with Gasteiger partial charge in [0.1, 0.15) is 11.5 Å². The number of rotatable bonds is 6. The van der Waals surface area contributed by atoms with E-state index >= 15 is 0 Å². The molecule has 0 spiro atoms. The standard InChI is InChI=1S/C26H23NO5S/c1-33(31,32)22-9-6-17(7-10-22)20-8-11-24(28)21(14-20)12-13-27-26(30)23-15-18-4-2-3-5-19(18)16-25(23)29/h2-11,14-16,28-29H,12-13H2,1H3,(H,27,30). The molecule has 4 aromatic rings. The van der Waals surface area contributed by atoms with Gasteiger partial charge in [0.2, 0.25) is 0 Å². The second-order valence-electron chi connectivity index (χ2n) is 7.86. The number of carbonyl (C=O) groups is 1. The van der Waals surface area contributed by atoms with Crippen molar-refractivity contribution in [1.82, 2.24) is 5.32 Å². The van der Waals surface area contributed by atoms with Gasteiger partial charge in [-0.1, -0.05) is 42.5 Å². The summed E-state index contributed by atoms with van der Waals surface area (Å²) in [5.74, 6) is -0.381. The number of benzene rings is 4. The Labute approximate surface area is 192 Å². The monoisotopic (exact) mass is 461 g/mol. The average molecular weight is 462 g/mol. The van der Waals surface area contributed by atoms with Crippen LogP contribution in [-0.4, -0.2) is 37.3 Å². The molecule has 0 aliphatic heterocycles. The number of amides is 1. The lowest BCUT2D eigenvalue weighted by Crippen LogP contribution is -2.25. The van der Waals surface area contributed by atoms with E-state index in [1.165, 1.54) is 0 Å². The summed E-state index contributed by atoms with van der Waals surface area (Å²) in [6.07, 6.45) is 1.54. The first-order valence-electron chi connectivity index (χ1n) is 10.3. The largest absolute Gasteiger partial charge is 0.508 e. The van der Waals surface area contributed by atoms with E-state index in [1.54, 1.807) is 48.5 Å². The van der Waals surface area contributed by atoms with Crippen molar-refractivity contribution >= 4 is 26.5 Å². The molecule has 0 atom stereocenters. The Kier molecular flexibility index (Phi) is 6.07. The van der Waals surface area contributed by atoms with E-state index in [4.69, 9.17) is 0 Å². The second kappa shape index (κ2) is 8.96. The number of fused-ring (bicyclic) bond motifs is 1. The SMILES string of the molecule is CS(=O)(=O)c1ccc(-c2ccc(O)c(CCNC(=O)c3cc4ccccc4cc3O)c2)cc1. The first-order valence-corrected chi connectivity index (χ1v) is 12.2. The minimum Gasteiger partial charge on any atom is -0.508 e. The molecule has 1 amide bonds.